The summed E-state index contributed by atoms with van der Waals surface area (Å²) >= 11 is 9.91. The Morgan fingerprint density at radius 2 is 2.13 bits per heavy atom. The number of aliphatic imine (C=N–C) groups is 1. The molecule has 0 fully saturated rings. The number of thioether (sulfide) groups is 1. The topological polar surface area (TPSA) is 69.6 Å². The van der Waals surface area contributed by atoms with Gasteiger partial charge in [-0.3, -0.25) is 4.99 Å². The first-order chi connectivity index (χ1) is 6.31. The molecule has 1 aliphatic heterocycles. The summed E-state index contributed by atoms with van der Waals surface area (Å²) in [6.45, 7) is 0.701. The van der Waals surface area contributed by atoms with Crippen molar-refractivity contribution < 1.29 is 42.5 Å². The van der Waals surface area contributed by atoms with Crippen LogP contribution >= 0.6 is 37.0 Å². The molecule has 0 aromatic rings. The van der Waals surface area contributed by atoms with Gasteiger partial charge in [0.15, 0.2) is 0 Å². The van der Waals surface area contributed by atoms with E-state index in [1.165, 1.54) is 11.8 Å². The minimum atomic E-state index is -4.20. The maximum absolute atomic E-state index is 10.4. The van der Waals surface area contributed by atoms with Crippen LogP contribution < -0.4 is 29.6 Å². The molecule has 9 heteroatoms. The molecular weight excluding hydrogens is 285 g/mol. The smallest absolute Gasteiger partial charge is 0.748 e. The minimum Gasteiger partial charge on any atom is -0.748 e. The van der Waals surface area contributed by atoms with Crippen LogP contribution in [0.25, 0.3) is 0 Å². The Balaban J connectivity index is 0.00000196. The van der Waals surface area contributed by atoms with E-state index in [0.29, 0.717) is 11.6 Å². The van der Waals surface area contributed by atoms with Crippen LogP contribution in [0.5, 0.6) is 0 Å². The van der Waals surface area contributed by atoms with Crippen molar-refractivity contribution in [1.29, 1.82) is 0 Å². The molecule has 0 unspecified atom stereocenters. The maximum atomic E-state index is 10.4. The summed E-state index contributed by atoms with van der Waals surface area (Å²) in [6, 6.07) is 0. The van der Waals surface area contributed by atoms with E-state index in [4.69, 9.17) is 0 Å². The van der Waals surface area contributed by atoms with Crippen LogP contribution in [0.3, 0.4) is 0 Å². The first-order valence-electron chi connectivity index (χ1n) is 3.87. The van der Waals surface area contributed by atoms with Crippen LogP contribution in [0.1, 0.15) is 6.42 Å². The first kappa shape index (κ1) is 16.6. The van der Waals surface area contributed by atoms with Gasteiger partial charge in [0.2, 0.25) is 0 Å². The quantitative estimate of drug-likeness (QED) is 0.263. The monoisotopic (exact) mass is 295 g/mol. The van der Waals surface area contributed by atoms with Crippen molar-refractivity contribution in [1.82, 2.24) is 0 Å². The van der Waals surface area contributed by atoms with Crippen LogP contribution in [-0.4, -0.2) is 40.1 Å². The summed E-state index contributed by atoms with van der Waals surface area (Å²) < 4.78 is 30.4. The van der Waals surface area contributed by atoms with Crippen molar-refractivity contribution in [3.63, 3.8) is 0 Å². The molecule has 0 saturated heterocycles. The molecule has 1 rings (SSSR count). The summed E-state index contributed by atoms with van der Waals surface area (Å²) in [5.41, 5.74) is 0. The second kappa shape index (κ2) is 6.53. The van der Waals surface area contributed by atoms with Crippen LogP contribution in [0, 0.1) is 0 Å². The van der Waals surface area contributed by atoms with Crippen LogP contribution in [0.4, 0.5) is 0 Å². The van der Waals surface area contributed by atoms with Gasteiger partial charge >= 0.3 is 29.6 Å². The van der Waals surface area contributed by atoms with Crippen molar-refractivity contribution >= 4 is 52.2 Å². The molecule has 0 atom stereocenters. The van der Waals surface area contributed by atoms with Gasteiger partial charge in [-0.2, -0.15) is 25.3 Å². The molecule has 0 bridgehead atoms. The molecule has 1 heterocycles. The molecule has 0 aliphatic carbocycles. The number of hydrogen-bond donors (Lipinski definition) is 2. The summed E-state index contributed by atoms with van der Waals surface area (Å²) in [5, 5.41) is 0.702. The molecule has 0 amide bonds. The molecule has 0 spiro atoms. The van der Waals surface area contributed by atoms with E-state index >= 15 is 0 Å². The van der Waals surface area contributed by atoms with E-state index in [1.807, 2.05) is 0 Å². The molecule has 0 aromatic heterocycles. The fourth-order valence-corrected chi connectivity index (χ4v) is 3.45. The van der Waals surface area contributed by atoms with Gasteiger partial charge in [-0.1, -0.05) is 0 Å². The van der Waals surface area contributed by atoms with E-state index < -0.39 is 20.0 Å². The molecule has 15 heavy (non-hydrogen) atoms. The third-order valence-electron chi connectivity index (χ3n) is 1.63. The summed E-state index contributed by atoms with van der Waals surface area (Å²) in [6.07, 6.45) is 0.0802. The number of thiol groups is 2. The number of nitrogens with zero attached hydrogens (tertiary/aromatic N) is 1. The van der Waals surface area contributed by atoms with Gasteiger partial charge < -0.3 is 4.55 Å². The van der Waals surface area contributed by atoms with Crippen LogP contribution in [-0.2, 0) is 10.1 Å². The SMILES string of the molecule is O=S(=O)([O-])CCC(S)(S)C1=NCCS1.[Na+]. The Kier molecular flexibility index (Phi) is 7.24. The fourth-order valence-electron chi connectivity index (χ4n) is 0.952. The standard InChI is InChI=1S/C6H11NO3S4.Na/c8-14(9,10)4-1-6(11,12)5-7-2-3-13-5;/h11-12H,1-4H2,(H,8,9,10);/q;+1/p-1. The zero-order valence-electron chi connectivity index (χ0n) is 8.21. The van der Waals surface area contributed by atoms with E-state index in [2.05, 4.69) is 30.2 Å². The molecule has 0 saturated carbocycles. The van der Waals surface area contributed by atoms with Crippen molar-refractivity contribution in [2.75, 3.05) is 18.1 Å². The predicted octanol–water partition coefficient (Wildman–Crippen LogP) is -2.37. The van der Waals surface area contributed by atoms with Crippen molar-refractivity contribution in [3.05, 3.63) is 0 Å². The minimum absolute atomic E-state index is 0. The Morgan fingerprint density at radius 1 is 1.53 bits per heavy atom. The Morgan fingerprint density at radius 3 is 2.53 bits per heavy atom. The van der Waals surface area contributed by atoms with E-state index in [-0.39, 0.29) is 36.0 Å². The van der Waals surface area contributed by atoms with Crippen molar-refractivity contribution in [3.8, 4) is 0 Å². The Bertz CT molecular complexity index is 340. The largest absolute Gasteiger partial charge is 1.00 e. The third-order valence-corrected chi connectivity index (χ3v) is 4.64. The van der Waals surface area contributed by atoms with Gasteiger partial charge in [-0.15, -0.1) is 11.8 Å². The number of hydrogen-bond acceptors (Lipinski definition) is 7. The molecule has 0 N–H and O–H groups in total. The van der Waals surface area contributed by atoms with Crippen molar-refractivity contribution in [2.24, 2.45) is 4.99 Å². The van der Waals surface area contributed by atoms with E-state index in [0.717, 1.165) is 5.75 Å². The van der Waals surface area contributed by atoms with E-state index in [9.17, 15) is 13.0 Å². The predicted molar refractivity (Wildman–Crippen MR) is 64.6 cm³/mol. The summed E-state index contributed by atoms with van der Waals surface area (Å²) in [7, 11) is -4.20. The Hall–Kier alpha value is 1.63. The third kappa shape index (κ3) is 6.21. The zero-order valence-corrected chi connectivity index (χ0v) is 13.6. The normalized spacial score (nSPS) is 17.1. The van der Waals surface area contributed by atoms with Gasteiger partial charge in [0, 0.05) is 18.1 Å². The molecular formula is C6H10NNaO3S4. The fraction of sp³-hybridized carbons (Fsp3) is 0.833. The second-order valence-electron chi connectivity index (χ2n) is 2.86. The van der Waals surface area contributed by atoms with Gasteiger partial charge in [0.1, 0.15) is 4.08 Å². The Labute approximate surface area is 127 Å². The average molecular weight is 295 g/mol. The second-order valence-corrected chi connectivity index (χ2v) is 7.35. The van der Waals surface area contributed by atoms with Crippen LogP contribution in [0.15, 0.2) is 4.99 Å². The molecule has 4 nitrogen and oxygen atoms in total. The van der Waals surface area contributed by atoms with Gasteiger partial charge in [0.25, 0.3) is 0 Å². The van der Waals surface area contributed by atoms with Gasteiger partial charge in [-0.05, 0) is 6.42 Å². The van der Waals surface area contributed by atoms with E-state index in [1.54, 1.807) is 0 Å². The summed E-state index contributed by atoms with van der Waals surface area (Å²) in [4.78, 5) is 4.14. The zero-order chi connectivity index (χ0) is 10.8. The van der Waals surface area contributed by atoms with Crippen molar-refractivity contribution in [2.45, 2.75) is 10.5 Å². The van der Waals surface area contributed by atoms with Crippen LogP contribution in [0.2, 0.25) is 0 Å². The number of rotatable bonds is 4. The molecule has 82 valence electrons. The molecule has 1 aliphatic rings. The van der Waals surface area contributed by atoms with Gasteiger partial charge in [0.05, 0.1) is 15.2 Å². The molecule has 0 aromatic carbocycles. The first-order valence-corrected chi connectivity index (χ1v) is 7.33. The summed E-state index contributed by atoms with van der Waals surface area (Å²) in [5.74, 6) is 0.405. The van der Waals surface area contributed by atoms with Gasteiger partial charge in [-0.25, -0.2) is 8.42 Å². The molecule has 0 radical (unpaired) electrons. The maximum Gasteiger partial charge on any atom is 1.00 e. The average Bonchev–Trinajstić information content (AvgIpc) is 2.52.